The molecule has 0 bridgehead atoms. The number of hydrogen-bond donors (Lipinski definition) is 2. The van der Waals surface area contributed by atoms with E-state index in [0.29, 0.717) is 12.5 Å². The number of nitrogens with one attached hydrogen (secondary N) is 2. The van der Waals surface area contributed by atoms with Gasteiger partial charge in [0.25, 0.3) is 0 Å². The molecule has 28 heavy (non-hydrogen) atoms. The summed E-state index contributed by atoms with van der Waals surface area (Å²) in [5.41, 5.74) is 2.61. The Bertz CT molecular complexity index is 633. The topological polar surface area (TPSA) is 60.0 Å². The number of benzene rings is 1. The Hall–Kier alpha value is -2.08. The number of guanidine groups is 1. The first kappa shape index (κ1) is 22.2. The van der Waals surface area contributed by atoms with Crippen LogP contribution in [0, 0.1) is 6.92 Å². The van der Waals surface area contributed by atoms with Crippen LogP contribution in [0.5, 0.6) is 0 Å². The van der Waals surface area contributed by atoms with Crippen LogP contribution in [0.4, 0.5) is 0 Å². The van der Waals surface area contributed by atoms with Crippen LogP contribution in [0.3, 0.4) is 0 Å². The van der Waals surface area contributed by atoms with Crippen LogP contribution in [0.25, 0.3) is 0 Å². The lowest BCUT2D eigenvalue weighted by Crippen LogP contribution is -2.54. The Morgan fingerprint density at radius 2 is 1.75 bits per heavy atom. The molecular formula is C22H37N5O. The van der Waals surface area contributed by atoms with Crippen molar-refractivity contribution in [2.24, 2.45) is 4.99 Å². The zero-order valence-electron chi connectivity index (χ0n) is 18.2. The molecule has 2 N–H and O–H groups in total. The molecule has 1 aliphatic rings. The number of carbonyl (C=O) groups is 1. The monoisotopic (exact) mass is 387 g/mol. The van der Waals surface area contributed by atoms with Crippen LogP contribution in [-0.4, -0.2) is 73.5 Å². The lowest BCUT2D eigenvalue weighted by Gasteiger charge is -2.36. The van der Waals surface area contributed by atoms with E-state index in [0.717, 1.165) is 45.2 Å². The fraction of sp³-hybridized carbons (Fsp3) is 0.636. The van der Waals surface area contributed by atoms with Crippen molar-refractivity contribution in [2.45, 2.75) is 46.6 Å². The SMILES string of the molecule is CCNC(=NCC(C)c1ccc(C)cc1)N1CCN(CC(=O)NC(C)C)CC1. The zero-order valence-corrected chi connectivity index (χ0v) is 18.2. The lowest BCUT2D eigenvalue weighted by molar-refractivity contribution is -0.123. The maximum atomic E-state index is 12.0. The van der Waals surface area contributed by atoms with Crippen LogP contribution in [0.2, 0.25) is 0 Å². The molecule has 0 radical (unpaired) electrons. The number of piperazine rings is 1. The Kier molecular flexibility index (Phi) is 8.77. The van der Waals surface area contributed by atoms with Gasteiger partial charge in [-0.1, -0.05) is 36.8 Å². The van der Waals surface area contributed by atoms with Gasteiger partial charge in [-0.2, -0.15) is 0 Å². The summed E-state index contributed by atoms with van der Waals surface area (Å²) in [6.45, 7) is 16.1. The van der Waals surface area contributed by atoms with Crippen molar-refractivity contribution >= 4 is 11.9 Å². The maximum absolute atomic E-state index is 12.0. The first-order valence-corrected chi connectivity index (χ1v) is 10.5. The van der Waals surface area contributed by atoms with E-state index in [1.807, 2.05) is 13.8 Å². The summed E-state index contributed by atoms with van der Waals surface area (Å²) in [5, 5.41) is 6.39. The van der Waals surface area contributed by atoms with Gasteiger partial charge in [0, 0.05) is 51.2 Å². The smallest absolute Gasteiger partial charge is 0.234 e. The molecule has 1 fully saturated rings. The molecule has 2 rings (SSSR count). The minimum atomic E-state index is 0.107. The van der Waals surface area contributed by atoms with Gasteiger partial charge in [0.2, 0.25) is 5.91 Å². The van der Waals surface area contributed by atoms with Gasteiger partial charge in [-0.3, -0.25) is 14.7 Å². The molecule has 1 atom stereocenters. The van der Waals surface area contributed by atoms with Crippen molar-refractivity contribution < 1.29 is 4.79 Å². The molecule has 0 saturated carbocycles. The Labute approximate surface area is 170 Å². The molecule has 156 valence electrons. The molecule has 0 spiro atoms. The summed E-state index contributed by atoms with van der Waals surface area (Å²) in [4.78, 5) is 21.4. The molecule has 1 aromatic rings. The highest BCUT2D eigenvalue weighted by Gasteiger charge is 2.21. The van der Waals surface area contributed by atoms with E-state index >= 15 is 0 Å². The number of amides is 1. The van der Waals surface area contributed by atoms with Crippen LogP contribution >= 0.6 is 0 Å². The summed E-state index contributed by atoms with van der Waals surface area (Å²) >= 11 is 0. The van der Waals surface area contributed by atoms with E-state index < -0.39 is 0 Å². The molecule has 1 unspecified atom stereocenters. The van der Waals surface area contributed by atoms with Gasteiger partial charge >= 0.3 is 0 Å². The second-order valence-electron chi connectivity index (χ2n) is 7.99. The molecular weight excluding hydrogens is 350 g/mol. The highest BCUT2D eigenvalue weighted by Crippen LogP contribution is 2.16. The summed E-state index contributed by atoms with van der Waals surface area (Å²) in [6, 6.07) is 8.91. The number of aryl methyl sites for hydroxylation is 1. The zero-order chi connectivity index (χ0) is 20.5. The summed E-state index contributed by atoms with van der Waals surface area (Å²) in [5.74, 6) is 1.47. The molecule has 0 aliphatic carbocycles. The first-order chi connectivity index (χ1) is 13.4. The van der Waals surface area contributed by atoms with Crippen molar-refractivity contribution in [3.05, 3.63) is 35.4 Å². The van der Waals surface area contributed by atoms with Gasteiger partial charge < -0.3 is 15.5 Å². The molecule has 1 heterocycles. The fourth-order valence-corrected chi connectivity index (χ4v) is 3.34. The molecule has 1 aromatic carbocycles. The summed E-state index contributed by atoms with van der Waals surface area (Å²) in [7, 11) is 0. The minimum absolute atomic E-state index is 0.107. The van der Waals surface area contributed by atoms with Crippen molar-refractivity contribution in [3.63, 3.8) is 0 Å². The van der Waals surface area contributed by atoms with Crippen LogP contribution in [0.15, 0.2) is 29.3 Å². The van der Waals surface area contributed by atoms with Gasteiger partial charge in [-0.15, -0.1) is 0 Å². The Balaban J connectivity index is 1.88. The third-order valence-electron chi connectivity index (χ3n) is 4.98. The maximum Gasteiger partial charge on any atom is 0.234 e. The van der Waals surface area contributed by atoms with E-state index in [4.69, 9.17) is 4.99 Å². The number of carbonyl (C=O) groups excluding carboxylic acids is 1. The number of nitrogens with zero attached hydrogens (tertiary/aromatic N) is 3. The number of rotatable bonds is 7. The van der Waals surface area contributed by atoms with Crippen molar-refractivity contribution in [1.29, 1.82) is 0 Å². The standard InChI is InChI=1S/C22H37N5O/c1-6-23-22(24-15-19(5)20-9-7-18(4)8-10-20)27-13-11-26(12-14-27)16-21(28)25-17(2)3/h7-10,17,19H,6,11-16H2,1-5H3,(H,23,24)(H,25,28). The third kappa shape index (κ3) is 7.15. The second kappa shape index (κ2) is 11.1. The second-order valence-corrected chi connectivity index (χ2v) is 7.99. The molecule has 1 saturated heterocycles. The molecule has 6 heteroatoms. The van der Waals surface area contributed by atoms with E-state index in [1.54, 1.807) is 0 Å². The van der Waals surface area contributed by atoms with E-state index in [2.05, 4.69) is 65.5 Å². The number of aliphatic imine (C=N–C) groups is 1. The highest BCUT2D eigenvalue weighted by molar-refractivity contribution is 5.80. The molecule has 6 nitrogen and oxygen atoms in total. The number of hydrogen-bond acceptors (Lipinski definition) is 3. The van der Waals surface area contributed by atoms with Gasteiger partial charge in [0.15, 0.2) is 5.96 Å². The average Bonchev–Trinajstić information content (AvgIpc) is 2.65. The van der Waals surface area contributed by atoms with E-state index in [1.165, 1.54) is 11.1 Å². The first-order valence-electron chi connectivity index (χ1n) is 10.5. The molecule has 1 aliphatic heterocycles. The third-order valence-corrected chi connectivity index (χ3v) is 4.98. The fourth-order valence-electron chi connectivity index (χ4n) is 3.34. The van der Waals surface area contributed by atoms with Crippen LogP contribution < -0.4 is 10.6 Å². The molecule has 1 amide bonds. The highest BCUT2D eigenvalue weighted by atomic mass is 16.2. The van der Waals surface area contributed by atoms with Gasteiger partial charge in [0.1, 0.15) is 0 Å². The average molecular weight is 388 g/mol. The predicted octanol–water partition coefficient (Wildman–Crippen LogP) is 2.21. The molecule has 0 aromatic heterocycles. The largest absolute Gasteiger partial charge is 0.357 e. The van der Waals surface area contributed by atoms with Crippen LogP contribution in [-0.2, 0) is 4.79 Å². The van der Waals surface area contributed by atoms with Crippen molar-refractivity contribution in [2.75, 3.05) is 45.8 Å². The van der Waals surface area contributed by atoms with E-state index in [9.17, 15) is 4.79 Å². The van der Waals surface area contributed by atoms with Crippen LogP contribution in [0.1, 0.15) is 44.7 Å². The van der Waals surface area contributed by atoms with Gasteiger partial charge in [-0.25, -0.2) is 0 Å². The summed E-state index contributed by atoms with van der Waals surface area (Å²) in [6.07, 6.45) is 0. The van der Waals surface area contributed by atoms with Gasteiger partial charge in [0.05, 0.1) is 6.54 Å². The predicted molar refractivity (Wildman–Crippen MR) is 117 cm³/mol. The quantitative estimate of drug-likeness (QED) is 0.556. The Morgan fingerprint density at radius 1 is 1.11 bits per heavy atom. The Morgan fingerprint density at radius 3 is 2.32 bits per heavy atom. The minimum Gasteiger partial charge on any atom is -0.357 e. The van der Waals surface area contributed by atoms with Crippen molar-refractivity contribution in [1.82, 2.24) is 20.4 Å². The van der Waals surface area contributed by atoms with Crippen molar-refractivity contribution in [3.8, 4) is 0 Å². The van der Waals surface area contributed by atoms with E-state index in [-0.39, 0.29) is 11.9 Å². The van der Waals surface area contributed by atoms with Gasteiger partial charge in [-0.05, 0) is 33.3 Å². The lowest BCUT2D eigenvalue weighted by atomic mass is 10.0. The summed E-state index contributed by atoms with van der Waals surface area (Å²) < 4.78 is 0. The normalized spacial score (nSPS) is 16.9.